The van der Waals surface area contributed by atoms with Gasteiger partial charge in [-0.1, -0.05) is 29.8 Å². The first-order chi connectivity index (χ1) is 12.7. The highest BCUT2D eigenvalue weighted by Crippen LogP contribution is 2.37. The fourth-order valence-electron chi connectivity index (χ4n) is 2.61. The van der Waals surface area contributed by atoms with E-state index in [-0.39, 0.29) is 28.4 Å². The smallest absolute Gasteiger partial charge is 0.416 e. The maximum atomic E-state index is 13.1. The predicted molar refractivity (Wildman–Crippen MR) is 96.4 cm³/mol. The lowest BCUT2D eigenvalue weighted by Crippen LogP contribution is -2.27. The highest BCUT2D eigenvalue weighted by Gasteiger charge is 2.33. The third kappa shape index (κ3) is 4.86. The summed E-state index contributed by atoms with van der Waals surface area (Å²) in [7, 11) is 2.83. The second-order valence-electron chi connectivity index (χ2n) is 5.74. The van der Waals surface area contributed by atoms with Crippen molar-refractivity contribution in [3.63, 3.8) is 0 Å². The molecule has 146 valence electrons. The van der Waals surface area contributed by atoms with Crippen LogP contribution in [0.5, 0.6) is 11.5 Å². The fraction of sp³-hybridized carbons (Fsp3) is 0.316. The Morgan fingerprint density at radius 2 is 1.89 bits per heavy atom. The van der Waals surface area contributed by atoms with Crippen molar-refractivity contribution in [2.45, 2.75) is 19.6 Å². The van der Waals surface area contributed by atoms with E-state index in [1.807, 2.05) is 0 Å². The lowest BCUT2D eigenvalue weighted by molar-refractivity contribution is -0.138. The second kappa shape index (κ2) is 8.52. The minimum atomic E-state index is -4.49. The van der Waals surface area contributed by atoms with Crippen LogP contribution in [0, 0.1) is 0 Å². The van der Waals surface area contributed by atoms with Gasteiger partial charge in [0.05, 0.1) is 24.3 Å². The Balaban J connectivity index is 2.30. The molecule has 0 aliphatic heterocycles. The van der Waals surface area contributed by atoms with Crippen molar-refractivity contribution in [2.75, 3.05) is 20.8 Å². The molecule has 4 nitrogen and oxygen atoms in total. The van der Waals surface area contributed by atoms with Gasteiger partial charge in [0.15, 0.2) is 11.5 Å². The van der Waals surface area contributed by atoms with Crippen molar-refractivity contribution >= 4 is 17.5 Å². The number of carbonyl (C=O) groups excluding carboxylic acids is 1. The molecule has 0 unspecified atom stereocenters. The van der Waals surface area contributed by atoms with E-state index in [9.17, 15) is 18.0 Å². The van der Waals surface area contributed by atoms with Gasteiger partial charge in [0.1, 0.15) is 0 Å². The number of nitrogens with zero attached hydrogens (tertiary/aromatic N) is 1. The van der Waals surface area contributed by atoms with E-state index in [2.05, 4.69) is 0 Å². The van der Waals surface area contributed by atoms with Crippen LogP contribution < -0.4 is 9.47 Å². The summed E-state index contributed by atoms with van der Waals surface area (Å²) in [5.41, 5.74) is -0.580. The summed E-state index contributed by atoms with van der Waals surface area (Å²) >= 11 is 6.16. The van der Waals surface area contributed by atoms with Crippen LogP contribution in [-0.4, -0.2) is 31.6 Å². The van der Waals surface area contributed by atoms with Gasteiger partial charge >= 0.3 is 6.18 Å². The average Bonchev–Trinajstić information content (AvgIpc) is 2.62. The summed E-state index contributed by atoms with van der Waals surface area (Å²) in [6.07, 6.45) is -4.49. The summed E-state index contributed by atoms with van der Waals surface area (Å²) in [6, 6.07) is 8.00. The Kier molecular flexibility index (Phi) is 6.59. The molecule has 0 aliphatic carbocycles. The first kappa shape index (κ1) is 20.9. The topological polar surface area (TPSA) is 38.8 Å². The van der Waals surface area contributed by atoms with Gasteiger partial charge in [-0.05, 0) is 30.7 Å². The zero-order valence-corrected chi connectivity index (χ0v) is 15.8. The summed E-state index contributed by atoms with van der Waals surface area (Å²) in [6.45, 7) is 1.93. The number of amides is 1. The molecule has 2 aromatic rings. The lowest BCUT2D eigenvalue weighted by atomic mass is 10.1. The van der Waals surface area contributed by atoms with Crippen LogP contribution in [0.25, 0.3) is 0 Å². The monoisotopic (exact) mass is 401 g/mol. The minimum Gasteiger partial charge on any atom is -0.493 e. The van der Waals surface area contributed by atoms with Crippen molar-refractivity contribution < 1.29 is 27.4 Å². The summed E-state index contributed by atoms with van der Waals surface area (Å²) in [5.74, 6) is 0.0929. The van der Waals surface area contributed by atoms with Crippen LogP contribution >= 0.6 is 11.6 Å². The van der Waals surface area contributed by atoms with E-state index >= 15 is 0 Å². The normalized spacial score (nSPS) is 11.2. The molecule has 0 saturated carbocycles. The maximum absolute atomic E-state index is 13.1. The van der Waals surface area contributed by atoms with E-state index < -0.39 is 17.6 Å². The van der Waals surface area contributed by atoms with Crippen molar-refractivity contribution in [2.24, 2.45) is 0 Å². The largest absolute Gasteiger partial charge is 0.493 e. The van der Waals surface area contributed by atoms with Crippen molar-refractivity contribution in [3.8, 4) is 11.5 Å². The highest BCUT2D eigenvalue weighted by molar-refractivity contribution is 6.32. The zero-order valence-electron chi connectivity index (χ0n) is 15.1. The number of hydrogen-bond donors (Lipinski definition) is 0. The number of carbonyl (C=O) groups is 1. The lowest BCUT2D eigenvalue weighted by Gasteiger charge is -2.21. The molecule has 0 aromatic heterocycles. The number of halogens is 4. The summed E-state index contributed by atoms with van der Waals surface area (Å²) in [4.78, 5) is 13.9. The molecule has 8 heteroatoms. The summed E-state index contributed by atoms with van der Waals surface area (Å²) < 4.78 is 50.0. The van der Waals surface area contributed by atoms with Crippen molar-refractivity contribution in [1.82, 2.24) is 4.90 Å². The Labute approximate surface area is 160 Å². The standard InChI is InChI=1S/C19H19ClF3NO3/c1-4-27-17-15(20)9-13(10-16(17)26-3)18(25)24(2)11-12-7-5-6-8-14(12)19(21,22)23/h5-10H,4,11H2,1-3H3. The number of hydrogen-bond acceptors (Lipinski definition) is 3. The van der Waals surface area contributed by atoms with Crippen LogP contribution in [0.15, 0.2) is 36.4 Å². The van der Waals surface area contributed by atoms with Crippen LogP contribution in [0.3, 0.4) is 0 Å². The molecule has 2 rings (SSSR count). The molecule has 0 fully saturated rings. The number of methoxy groups -OCH3 is 1. The number of alkyl halides is 3. The molecule has 0 saturated heterocycles. The maximum Gasteiger partial charge on any atom is 0.416 e. The predicted octanol–water partition coefficient (Wildman–Crippen LogP) is 5.04. The van der Waals surface area contributed by atoms with Gasteiger partial charge in [-0.15, -0.1) is 0 Å². The molecule has 0 atom stereocenters. The molecule has 0 aliphatic rings. The van der Waals surface area contributed by atoms with Crippen molar-refractivity contribution in [3.05, 3.63) is 58.1 Å². The summed E-state index contributed by atoms with van der Waals surface area (Å²) in [5, 5.41) is 0.184. The second-order valence-corrected chi connectivity index (χ2v) is 6.15. The molecule has 0 spiro atoms. The molecular formula is C19H19ClF3NO3. The first-order valence-electron chi connectivity index (χ1n) is 8.09. The van der Waals surface area contributed by atoms with Gasteiger partial charge in [0.25, 0.3) is 5.91 Å². The SMILES string of the molecule is CCOc1c(Cl)cc(C(=O)N(C)Cc2ccccc2C(F)(F)F)cc1OC. The molecule has 0 N–H and O–H groups in total. The Morgan fingerprint density at radius 3 is 2.48 bits per heavy atom. The minimum absolute atomic E-state index is 0.00449. The van der Waals surface area contributed by atoms with E-state index in [1.165, 1.54) is 49.4 Å². The molecule has 2 aromatic carbocycles. The molecule has 27 heavy (non-hydrogen) atoms. The highest BCUT2D eigenvalue weighted by atomic mass is 35.5. The van der Waals surface area contributed by atoms with Gasteiger partial charge in [0, 0.05) is 19.2 Å². The van der Waals surface area contributed by atoms with Gasteiger partial charge < -0.3 is 14.4 Å². The Hall–Kier alpha value is -2.41. The van der Waals surface area contributed by atoms with Crippen LogP contribution in [0.1, 0.15) is 28.4 Å². The first-order valence-corrected chi connectivity index (χ1v) is 8.47. The van der Waals surface area contributed by atoms with Crippen LogP contribution in [0.4, 0.5) is 13.2 Å². The quantitative estimate of drug-likeness (QED) is 0.680. The zero-order chi connectivity index (χ0) is 20.2. The molecule has 0 heterocycles. The van der Waals surface area contributed by atoms with E-state index in [0.717, 1.165) is 6.07 Å². The van der Waals surface area contributed by atoms with Gasteiger partial charge in [-0.3, -0.25) is 4.79 Å². The average molecular weight is 402 g/mol. The van der Waals surface area contributed by atoms with Crippen molar-refractivity contribution in [1.29, 1.82) is 0 Å². The number of benzene rings is 2. The van der Waals surface area contributed by atoms with E-state index in [1.54, 1.807) is 6.92 Å². The fourth-order valence-corrected chi connectivity index (χ4v) is 2.88. The third-order valence-corrected chi connectivity index (χ3v) is 4.12. The number of ether oxygens (including phenoxy) is 2. The molecular weight excluding hydrogens is 383 g/mol. The molecule has 0 bridgehead atoms. The van der Waals surface area contributed by atoms with Crippen LogP contribution in [0.2, 0.25) is 5.02 Å². The van der Waals surface area contributed by atoms with Gasteiger partial charge in [-0.2, -0.15) is 13.2 Å². The van der Waals surface area contributed by atoms with Gasteiger partial charge in [-0.25, -0.2) is 0 Å². The molecule has 0 radical (unpaired) electrons. The molecule has 1 amide bonds. The van der Waals surface area contributed by atoms with Gasteiger partial charge in [0.2, 0.25) is 0 Å². The Morgan fingerprint density at radius 1 is 1.22 bits per heavy atom. The van der Waals surface area contributed by atoms with Crippen LogP contribution in [-0.2, 0) is 12.7 Å². The number of rotatable bonds is 6. The Bertz CT molecular complexity index is 824. The third-order valence-electron chi connectivity index (χ3n) is 3.84. The van der Waals surface area contributed by atoms with E-state index in [4.69, 9.17) is 21.1 Å². The van der Waals surface area contributed by atoms with E-state index in [0.29, 0.717) is 12.4 Å².